The molecular formula is C11H24N2O. The van der Waals surface area contributed by atoms with Crippen molar-refractivity contribution in [3.63, 3.8) is 0 Å². The molecule has 0 spiro atoms. The number of nitrogens with one attached hydrogen (secondary N) is 1. The summed E-state index contributed by atoms with van der Waals surface area (Å²) in [5.74, 6) is 0. The average Bonchev–Trinajstić information content (AvgIpc) is 2.28. The molecule has 0 aliphatic heterocycles. The molecule has 2 unspecified atom stereocenters. The lowest BCUT2D eigenvalue weighted by Gasteiger charge is -2.42. The molecule has 1 aliphatic carbocycles. The van der Waals surface area contributed by atoms with Crippen LogP contribution in [0.2, 0.25) is 0 Å². The Morgan fingerprint density at radius 1 is 1.57 bits per heavy atom. The van der Waals surface area contributed by atoms with Gasteiger partial charge in [-0.05, 0) is 46.3 Å². The van der Waals surface area contributed by atoms with E-state index >= 15 is 0 Å². The van der Waals surface area contributed by atoms with Crippen LogP contribution in [-0.2, 0) is 0 Å². The molecule has 1 saturated carbocycles. The van der Waals surface area contributed by atoms with E-state index in [0.29, 0.717) is 6.04 Å². The SMILES string of the molecule is CCN(C)C1CCCC(CO)(NC)C1. The topological polar surface area (TPSA) is 35.5 Å². The van der Waals surface area contributed by atoms with Crippen LogP contribution >= 0.6 is 0 Å². The van der Waals surface area contributed by atoms with Gasteiger partial charge >= 0.3 is 0 Å². The number of hydrogen-bond acceptors (Lipinski definition) is 3. The van der Waals surface area contributed by atoms with Gasteiger partial charge in [0.25, 0.3) is 0 Å². The minimum atomic E-state index is -0.0215. The second kappa shape index (κ2) is 5.10. The van der Waals surface area contributed by atoms with E-state index in [1.807, 2.05) is 7.05 Å². The van der Waals surface area contributed by atoms with Crippen molar-refractivity contribution in [3.05, 3.63) is 0 Å². The molecule has 1 fully saturated rings. The van der Waals surface area contributed by atoms with E-state index in [2.05, 4.69) is 24.2 Å². The maximum absolute atomic E-state index is 9.43. The van der Waals surface area contributed by atoms with Crippen LogP contribution in [0.5, 0.6) is 0 Å². The zero-order valence-electron chi connectivity index (χ0n) is 9.71. The third-order valence-electron chi connectivity index (χ3n) is 3.77. The number of aliphatic hydroxyl groups excluding tert-OH is 1. The molecule has 0 radical (unpaired) electrons. The molecule has 0 heterocycles. The van der Waals surface area contributed by atoms with Crippen LogP contribution in [-0.4, -0.2) is 48.8 Å². The minimum Gasteiger partial charge on any atom is -0.394 e. The molecule has 3 nitrogen and oxygen atoms in total. The van der Waals surface area contributed by atoms with Crippen LogP contribution in [0.4, 0.5) is 0 Å². The first-order valence-corrected chi connectivity index (χ1v) is 5.67. The lowest BCUT2D eigenvalue weighted by molar-refractivity contribution is 0.0768. The van der Waals surface area contributed by atoms with Crippen molar-refractivity contribution in [1.82, 2.24) is 10.2 Å². The third-order valence-corrected chi connectivity index (χ3v) is 3.77. The Kier molecular flexibility index (Phi) is 4.35. The summed E-state index contributed by atoms with van der Waals surface area (Å²) >= 11 is 0. The van der Waals surface area contributed by atoms with E-state index in [0.717, 1.165) is 19.4 Å². The van der Waals surface area contributed by atoms with Crippen LogP contribution in [0.1, 0.15) is 32.6 Å². The number of hydrogen-bond donors (Lipinski definition) is 2. The summed E-state index contributed by atoms with van der Waals surface area (Å²) in [4.78, 5) is 2.39. The van der Waals surface area contributed by atoms with Crippen molar-refractivity contribution < 1.29 is 5.11 Å². The highest BCUT2D eigenvalue weighted by molar-refractivity contribution is 4.94. The smallest absolute Gasteiger partial charge is 0.0613 e. The van der Waals surface area contributed by atoms with E-state index in [-0.39, 0.29) is 12.1 Å². The Morgan fingerprint density at radius 2 is 2.29 bits per heavy atom. The van der Waals surface area contributed by atoms with Gasteiger partial charge in [-0.2, -0.15) is 0 Å². The normalized spacial score (nSPS) is 33.6. The lowest BCUT2D eigenvalue weighted by atomic mass is 9.79. The Bertz CT molecular complexity index is 169. The molecule has 1 aliphatic rings. The van der Waals surface area contributed by atoms with Gasteiger partial charge in [0.1, 0.15) is 0 Å². The largest absolute Gasteiger partial charge is 0.394 e. The van der Waals surface area contributed by atoms with Gasteiger partial charge in [-0.1, -0.05) is 6.92 Å². The molecule has 1 rings (SSSR count). The molecule has 3 heteroatoms. The molecule has 0 aromatic carbocycles. The monoisotopic (exact) mass is 200 g/mol. The first kappa shape index (κ1) is 12.0. The number of likely N-dealkylation sites (N-methyl/N-ethyl adjacent to an activating group) is 1. The lowest BCUT2D eigenvalue weighted by Crippen LogP contribution is -2.54. The van der Waals surface area contributed by atoms with Gasteiger partial charge in [0.15, 0.2) is 0 Å². The van der Waals surface area contributed by atoms with Crippen LogP contribution in [0.25, 0.3) is 0 Å². The molecule has 0 amide bonds. The van der Waals surface area contributed by atoms with E-state index in [1.54, 1.807) is 0 Å². The van der Waals surface area contributed by atoms with Crippen molar-refractivity contribution in [1.29, 1.82) is 0 Å². The van der Waals surface area contributed by atoms with Gasteiger partial charge in [-0.3, -0.25) is 0 Å². The summed E-state index contributed by atoms with van der Waals surface area (Å²) in [7, 11) is 4.14. The maximum Gasteiger partial charge on any atom is 0.0613 e. The van der Waals surface area contributed by atoms with Crippen LogP contribution in [0, 0.1) is 0 Å². The average molecular weight is 200 g/mol. The molecular weight excluding hydrogens is 176 g/mol. The first-order chi connectivity index (χ1) is 6.67. The van der Waals surface area contributed by atoms with Gasteiger partial charge in [-0.15, -0.1) is 0 Å². The summed E-state index contributed by atoms with van der Waals surface area (Å²) in [5.41, 5.74) is -0.0215. The first-order valence-electron chi connectivity index (χ1n) is 5.67. The van der Waals surface area contributed by atoms with Crippen molar-refractivity contribution in [2.45, 2.75) is 44.2 Å². The molecule has 0 aromatic rings. The Labute approximate surface area is 87.5 Å². The molecule has 14 heavy (non-hydrogen) atoms. The van der Waals surface area contributed by atoms with Crippen LogP contribution in [0.3, 0.4) is 0 Å². The zero-order valence-corrected chi connectivity index (χ0v) is 9.71. The predicted molar refractivity (Wildman–Crippen MR) is 59.4 cm³/mol. The fourth-order valence-electron chi connectivity index (χ4n) is 2.42. The summed E-state index contributed by atoms with van der Waals surface area (Å²) in [6.07, 6.45) is 4.67. The van der Waals surface area contributed by atoms with E-state index in [1.165, 1.54) is 12.8 Å². The fourth-order valence-corrected chi connectivity index (χ4v) is 2.42. The van der Waals surface area contributed by atoms with E-state index in [9.17, 15) is 5.11 Å². The van der Waals surface area contributed by atoms with Gasteiger partial charge in [0.05, 0.1) is 6.61 Å². The highest BCUT2D eigenvalue weighted by atomic mass is 16.3. The summed E-state index contributed by atoms with van der Waals surface area (Å²) in [6.45, 7) is 3.54. The van der Waals surface area contributed by atoms with Gasteiger partial charge in [0, 0.05) is 11.6 Å². The zero-order chi connectivity index (χ0) is 10.6. The number of rotatable bonds is 4. The molecule has 2 N–H and O–H groups in total. The molecule has 0 aromatic heterocycles. The summed E-state index contributed by atoms with van der Waals surface area (Å²) in [6, 6.07) is 0.633. The number of nitrogens with zero attached hydrogens (tertiary/aromatic N) is 1. The van der Waals surface area contributed by atoms with Crippen LogP contribution in [0.15, 0.2) is 0 Å². The number of aliphatic hydroxyl groups is 1. The van der Waals surface area contributed by atoms with Crippen molar-refractivity contribution in [2.24, 2.45) is 0 Å². The van der Waals surface area contributed by atoms with E-state index < -0.39 is 0 Å². The summed E-state index contributed by atoms with van der Waals surface area (Å²) < 4.78 is 0. The maximum atomic E-state index is 9.43. The Hall–Kier alpha value is -0.120. The van der Waals surface area contributed by atoms with E-state index in [4.69, 9.17) is 0 Å². The molecule has 84 valence electrons. The van der Waals surface area contributed by atoms with Gasteiger partial charge in [-0.25, -0.2) is 0 Å². The minimum absolute atomic E-state index is 0.0215. The van der Waals surface area contributed by atoms with Crippen molar-refractivity contribution in [3.8, 4) is 0 Å². The van der Waals surface area contributed by atoms with Gasteiger partial charge < -0.3 is 15.3 Å². The third kappa shape index (κ3) is 2.47. The second-order valence-corrected chi connectivity index (χ2v) is 4.51. The van der Waals surface area contributed by atoms with Crippen molar-refractivity contribution in [2.75, 3.05) is 27.2 Å². The summed E-state index contributed by atoms with van der Waals surface area (Å²) in [5, 5.41) is 12.7. The quantitative estimate of drug-likeness (QED) is 0.705. The highest BCUT2D eigenvalue weighted by Crippen LogP contribution is 2.30. The molecule has 0 bridgehead atoms. The molecule has 0 saturated heterocycles. The van der Waals surface area contributed by atoms with Crippen molar-refractivity contribution >= 4 is 0 Å². The standard InChI is InChI=1S/C11H24N2O/c1-4-13(3)10-6-5-7-11(8-10,9-14)12-2/h10,12,14H,4-9H2,1-3H3. The Balaban J connectivity index is 2.58. The van der Waals surface area contributed by atoms with Gasteiger partial charge in [0.2, 0.25) is 0 Å². The molecule has 2 atom stereocenters. The fraction of sp³-hybridized carbons (Fsp3) is 1.00. The van der Waals surface area contributed by atoms with Crippen LogP contribution < -0.4 is 5.32 Å². The second-order valence-electron chi connectivity index (χ2n) is 4.51. The Morgan fingerprint density at radius 3 is 2.79 bits per heavy atom. The highest BCUT2D eigenvalue weighted by Gasteiger charge is 2.35. The predicted octanol–water partition coefficient (Wildman–Crippen LogP) is 0.831.